The van der Waals surface area contributed by atoms with Crippen molar-refractivity contribution in [3.05, 3.63) is 59.7 Å². The summed E-state index contributed by atoms with van der Waals surface area (Å²) in [5, 5.41) is 1.12. The van der Waals surface area contributed by atoms with Crippen molar-refractivity contribution in [2.45, 2.75) is 13.0 Å². The maximum absolute atomic E-state index is 6.31. The van der Waals surface area contributed by atoms with Crippen LogP contribution in [0.25, 0.3) is 10.9 Å². The molecule has 5 nitrogen and oxygen atoms in total. The Kier molecular flexibility index (Phi) is 3.50. The average molecular weight is 280 g/mol. The maximum atomic E-state index is 6.31. The van der Waals surface area contributed by atoms with E-state index in [-0.39, 0.29) is 0 Å². The van der Waals surface area contributed by atoms with Crippen molar-refractivity contribution in [3.8, 4) is 5.88 Å². The van der Waals surface area contributed by atoms with Gasteiger partial charge < -0.3 is 10.5 Å². The molecule has 0 radical (unpaired) electrons. The van der Waals surface area contributed by atoms with E-state index >= 15 is 0 Å². The van der Waals surface area contributed by atoms with Gasteiger partial charge in [-0.3, -0.25) is 9.97 Å². The first-order valence-corrected chi connectivity index (χ1v) is 6.67. The van der Waals surface area contributed by atoms with Gasteiger partial charge in [0.25, 0.3) is 0 Å². The second kappa shape index (κ2) is 5.46. The summed E-state index contributed by atoms with van der Waals surface area (Å²) >= 11 is 0. The van der Waals surface area contributed by atoms with E-state index < -0.39 is 6.04 Å². The Morgan fingerprint density at radius 3 is 2.71 bits per heavy atom. The molecule has 21 heavy (non-hydrogen) atoms. The minimum Gasteiger partial charge on any atom is -0.480 e. The molecule has 1 aromatic carbocycles. The predicted octanol–water partition coefficient (Wildman–Crippen LogP) is 2.39. The van der Waals surface area contributed by atoms with E-state index in [1.165, 1.54) is 0 Å². The molecule has 2 N–H and O–H groups in total. The van der Waals surface area contributed by atoms with Crippen LogP contribution in [0.5, 0.6) is 5.88 Å². The number of fused-ring (bicyclic) bond motifs is 1. The highest BCUT2D eigenvalue weighted by molar-refractivity contribution is 5.82. The molecule has 0 aliphatic rings. The SMILES string of the molecule is COc1nccnc1C(N)c1cc(C)c2ccccc2n1. The van der Waals surface area contributed by atoms with Gasteiger partial charge >= 0.3 is 0 Å². The summed E-state index contributed by atoms with van der Waals surface area (Å²) in [6, 6.07) is 9.51. The van der Waals surface area contributed by atoms with Gasteiger partial charge in [-0.25, -0.2) is 4.98 Å². The number of benzene rings is 1. The Labute approximate surface area is 122 Å². The molecule has 0 spiro atoms. The number of nitrogens with zero attached hydrogens (tertiary/aromatic N) is 3. The Bertz CT molecular complexity index is 788. The van der Waals surface area contributed by atoms with E-state index in [2.05, 4.69) is 21.0 Å². The summed E-state index contributed by atoms with van der Waals surface area (Å²) in [7, 11) is 1.55. The highest BCUT2D eigenvalue weighted by Crippen LogP contribution is 2.26. The van der Waals surface area contributed by atoms with Crippen molar-refractivity contribution in [2.24, 2.45) is 5.73 Å². The van der Waals surface area contributed by atoms with Crippen molar-refractivity contribution in [1.82, 2.24) is 15.0 Å². The molecular weight excluding hydrogens is 264 g/mol. The van der Waals surface area contributed by atoms with Crippen LogP contribution in [-0.4, -0.2) is 22.1 Å². The van der Waals surface area contributed by atoms with E-state index in [0.29, 0.717) is 11.6 Å². The summed E-state index contributed by atoms with van der Waals surface area (Å²) < 4.78 is 5.22. The summed E-state index contributed by atoms with van der Waals surface area (Å²) in [4.78, 5) is 13.1. The molecule has 2 heterocycles. The van der Waals surface area contributed by atoms with Crippen LogP contribution in [0, 0.1) is 6.92 Å². The molecule has 5 heteroatoms. The van der Waals surface area contributed by atoms with Crippen molar-refractivity contribution in [1.29, 1.82) is 0 Å². The first-order valence-electron chi connectivity index (χ1n) is 6.67. The highest BCUT2D eigenvalue weighted by atomic mass is 16.5. The summed E-state index contributed by atoms with van der Waals surface area (Å²) in [5.41, 5.74) is 9.70. The van der Waals surface area contributed by atoms with E-state index in [9.17, 15) is 0 Å². The molecule has 0 aliphatic carbocycles. The average Bonchev–Trinajstić information content (AvgIpc) is 2.54. The van der Waals surface area contributed by atoms with Crippen LogP contribution in [-0.2, 0) is 0 Å². The summed E-state index contributed by atoms with van der Waals surface area (Å²) in [6.45, 7) is 2.05. The standard InChI is InChI=1S/C16H16N4O/c1-10-9-13(20-12-6-4-3-5-11(10)12)14(17)15-16(21-2)19-8-7-18-15/h3-9,14H,17H2,1-2H3. The fraction of sp³-hybridized carbons (Fsp3) is 0.188. The zero-order chi connectivity index (χ0) is 14.8. The fourth-order valence-corrected chi connectivity index (χ4v) is 2.38. The monoisotopic (exact) mass is 280 g/mol. The van der Waals surface area contributed by atoms with Crippen LogP contribution in [0.3, 0.4) is 0 Å². The summed E-state index contributed by atoms with van der Waals surface area (Å²) in [5.74, 6) is 0.428. The molecule has 0 aliphatic heterocycles. The van der Waals surface area contributed by atoms with Crippen LogP contribution < -0.4 is 10.5 Å². The smallest absolute Gasteiger partial charge is 0.237 e. The number of methoxy groups -OCH3 is 1. The van der Waals surface area contributed by atoms with Crippen LogP contribution >= 0.6 is 0 Å². The number of para-hydroxylation sites is 1. The van der Waals surface area contributed by atoms with Gasteiger partial charge in [-0.2, -0.15) is 0 Å². The largest absolute Gasteiger partial charge is 0.480 e. The molecule has 0 saturated carbocycles. The van der Waals surface area contributed by atoms with Gasteiger partial charge in [0.15, 0.2) is 0 Å². The van der Waals surface area contributed by atoms with Crippen LogP contribution in [0.1, 0.15) is 23.0 Å². The Morgan fingerprint density at radius 2 is 1.90 bits per heavy atom. The Hall–Kier alpha value is -2.53. The Morgan fingerprint density at radius 1 is 1.14 bits per heavy atom. The van der Waals surface area contributed by atoms with E-state index in [0.717, 1.165) is 22.2 Å². The number of nitrogens with two attached hydrogens (primary N) is 1. The van der Waals surface area contributed by atoms with Crippen molar-refractivity contribution in [3.63, 3.8) is 0 Å². The molecule has 0 amide bonds. The van der Waals surface area contributed by atoms with Crippen molar-refractivity contribution >= 4 is 10.9 Å². The van der Waals surface area contributed by atoms with Crippen molar-refractivity contribution < 1.29 is 4.74 Å². The van der Waals surface area contributed by atoms with Crippen molar-refractivity contribution in [2.75, 3.05) is 7.11 Å². The number of aromatic nitrogens is 3. The fourth-order valence-electron chi connectivity index (χ4n) is 2.38. The van der Waals surface area contributed by atoms with Gasteiger partial charge in [-0.05, 0) is 24.6 Å². The first kappa shape index (κ1) is 13.5. The Balaban J connectivity index is 2.11. The van der Waals surface area contributed by atoms with Crippen LogP contribution in [0.4, 0.5) is 0 Å². The lowest BCUT2D eigenvalue weighted by Crippen LogP contribution is -2.17. The zero-order valence-electron chi connectivity index (χ0n) is 11.9. The van der Waals surface area contributed by atoms with E-state index in [4.69, 9.17) is 10.5 Å². The van der Waals surface area contributed by atoms with Gasteiger partial charge in [0.2, 0.25) is 5.88 Å². The topological polar surface area (TPSA) is 73.9 Å². The highest BCUT2D eigenvalue weighted by Gasteiger charge is 2.18. The normalized spacial score (nSPS) is 12.3. The third kappa shape index (κ3) is 2.43. The van der Waals surface area contributed by atoms with Crippen LogP contribution in [0.2, 0.25) is 0 Å². The molecule has 106 valence electrons. The molecule has 3 rings (SSSR count). The first-order chi connectivity index (χ1) is 10.2. The summed E-state index contributed by atoms with van der Waals surface area (Å²) in [6.07, 6.45) is 3.18. The number of hydrogen-bond donors (Lipinski definition) is 1. The van der Waals surface area contributed by atoms with Gasteiger partial charge in [0.1, 0.15) is 5.69 Å². The second-order valence-corrected chi connectivity index (χ2v) is 4.81. The zero-order valence-corrected chi connectivity index (χ0v) is 11.9. The minimum atomic E-state index is -0.475. The molecular formula is C16H16N4O. The maximum Gasteiger partial charge on any atom is 0.237 e. The van der Waals surface area contributed by atoms with Gasteiger partial charge in [-0.1, -0.05) is 18.2 Å². The van der Waals surface area contributed by atoms with Crippen LogP contribution in [0.15, 0.2) is 42.7 Å². The van der Waals surface area contributed by atoms with E-state index in [1.807, 2.05) is 31.2 Å². The third-order valence-corrected chi connectivity index (χ3v) is 3.44. The molecule has 1 unspecified atom stereocenters. The minimum absolute atomic E-state index is 0.428. The van der Waals surface area contributed by atoms with Gasteiger partial charge in [0.05, 0.1) is 24.4 Å². The molecule has 0 fully saturated rings. The molecule has 1 atom stereocenters. The number of ether oxygens (including phenoxy) is 1. The quantitative estimate of drug-likeness (QED) is 0.797. The lowest BCUT2D eigenvalue weighted by atomic mass is 10.0. The predicted molar refractivity (Wildman–Crippen MR) is 81.1 cm³/mol. The number of rotatable bonds is 3. The third-order valence-electron chi connectivity index (χ3n) is 3.44. The second-order valence-electron chi connectivity index (χ2n) is 4.81. The van der Waals surface area contributed by atoms with Gasteiger partial charge in [-0.15, -0.1) is 0 Å². The molecule has 0 saturated heterocycles. The van der Waals surface area contributed by atoms with Gasteiger partial charge in [0, 0.05) is 17.8 Å². The molecule has 3 aromatic rings. The lowest BCUT2D eigenvalue weighted by Gasteiger charge is -2.14. The number of pyridine rings is 1. The lowest BCUT2D eigenvalue weighted by molar-refractivity contribution is 0.386. The van der Waals surface area contributed by atoms with E-state index in [1.54, 1.807) is 19.5 Å². The number of aryl methyl sites for hydroxylation is 1. The molecule has 2 aromatic heterocycles. The molecule has 0 bridgehead atoms. The number of hydrogen-bond acceptors (Lipinski definition) is 5.